The Morgan fingerprint density at radius 2 is 2.06 bits per heavy atom. The van der Waals surface area contributed by atoms with Gasteiger partial charge in [0.25, 0.3) is 0 Å². The topological polar surface area (TPSA) is 17.0 Å². The zero-order chi connectivity index (χ0) is 11.9. The first-order valence-corrected chi connectivity index (χ1v) is 7.27. The van der Waals surface area contributed by atoms with Crippen molar-refractivity contribution in [1.29, 1.82) is 0 Å². The molecule has 17 heavy (non-hydrogen) atoms. The van der Waals surface area contributed by atoms with Gasteiger partial charge in [0.1, 0.15) is 0 Å². The monoisotopic (exact) mass is 234 g/mol. The molecule has 0 aliphatic heterocycles. The van der Waals surface area contributed by atoms with Crippen molar-refractivity contribution in [3.63, 3.8) is 0 Å². The number of nitrogens with one attached hydrogen (secondary N) is 1. The van der Waals surface area contributed by atoms with Crippen LogP contribution in [0.25, 0.3) is 0 Å². The van der Waals surface area contributed by atoms with E-state index in [-0.39, 0.29) is 0 Å². The first-order valence-electron chi connectivity index (χ1n) is 7.27. The van der Waals surface area contributed by atoms with Gasteiger partial charge in [-0.05, 0) is 31.4 Å². The normalized spacial score (nSPS) is 15.4. The van der Waals surface area contributed by atoms with Crippen molar-refractivity contribution in [3.8, 4) is 0 Å². The Hall–Kier alpha value is -0.760. The number of aryl methyl sites for hydroxylation is 1. The first kappa shape index (κ1) is 12.7. The molecule has 0 spiro atoms. The molecular formula is C15H26N2. The van der Waals surface area contributed by atoms with E-state index in [1.54, 1.807) is 0 Å². The standard InChI is InChI=1S/C15H26N2/c1-2-3-4-5-6-11-17-12-7-8-15(17)13-16-14-9-10-14/h7-8,12,14,16H,2-6,9-11,13H2,1H3. The van der Waals surface area contributed by atoms with Crippen LogP contribution in [0.2, 0.25) is 0 Å². The largest absolute Gasteiger partial charge is 0.350 e. The first-order chi connectivity index (χ1) is 8.40. The minimum atomic E-state index is 0.808. The lowest BCUT2D eigenvalue weighted by atomic mass is 10.1. The predicted molar refractivity (Wildman–Crippen MR) is 73.1 cm³/mol. The average molecular weight is 234 g/mol. The van der Waals surface area contributed by atoms with Gasteiger partial charge in [0, 0.05) is 31.0 Å². The van der Waals surface area contributed by atoms with E-state index in [9.17, 15) is 0 Å². The summed E-state index contributed by atoms with van der Waals surface area (Å²) < 4.78 is 2.42. The third-order valence-corrected chi connectivity index (χ3v) is 3.58. The Bertz CT molecular complexity index is 312. The van der Waals surface area contributed by atoms with Gasteiger partial charge in [-0.3, -0.25) is 0 Å². The van der Waals surface area contributed by atoms with Gasteiger partial charge in [-0.2, -0.15) is 0 Å². The fraction of sp³-hybridized carbons (Fsp3) is 0.733. The van der Waals surface area contributed by atoms with Crippen LogP contribution in [-0.2, 0) is 13.1 Å². The highest BCUT2D eigenvalue weighted by molar-refractivity contribution is 5.07. The quantitative estimate of drug-likeness (QED) is 0.645. The van der Waals surface area contributed by atoms with Crippen LogP contribution in [0.4, 0.5) is 0 Å². The molecule has 0 atom stereocenters. The summed E-state index contributed by atoms with van der Waals surface area (Å²) in [5.41, 5.74) is 1.45. The molecule has 1 aromatic rings. The average Bonchev–Trinajstić information content (AvgIpc) is 3.06. The Balaban J connectivity index is 1.66. The number of aromatic nitrogens is 1. The highest BCUT2D eigenvalue weighted by Crippen LogP contribution is 2.19. The molecule has 2 rings (SSSR count). The van der Waals surface area contributed by atoms with Crippen molar-refractivity contribution in [2.45, 2.75) is 71.0 Å². The molecule has 0 aromatic carbocycles. The van der Waals surface area contributed by atoms with Crippen molar-refractivity contribution in [2.24, 2.45) is 0 Å². The molecule has 96 valence electrons. The molecule has 1 aliphatic rings. The zero-order valence-electron chi connectivity index (χ0n) is 11.1. The number of nitrogens with zero attached hydrogens (tertiary/aromatic N) is 1. The minimum Gasteiger partial charge on any atom is -0.350 e. The van der Waals surface area contributed by atoms with E-state index in [2.05, 4.69) is 35.1 Å². The highest BCUT2D eigenvalue weighted by Gasteiger charge is 2.20. The van der Waals surface area contributed by atoms with Crippen LogP contribution in [0.5, 0.6) is 0 Å². The maximum absolute atomic E-state index is 3.59. The molecule has 0 amide bonds. The molecule has 1 saturated carbocycles. The summed E-state index contributed by atoms with van der Waals surface area (Å²) in [5, 5.41) is 3.59. The SMILES string of the molecule is CCCCCCCn1cccc1CNC1CC1. The van der Waals surface area contributed by atoms with Crippen molar-refractivity contribution in [1.82, 2.24) is 9.88 Å². The van der Waals surface area contributed by atoms with Gasteiger partial charge in [0.15, 0.2) is 0 Å². The van der Waals surface area contributed by atoms with Crippen LogP contribution in [0.15, 0.2) is 18.3 Å². The lowest BCUT2D eigenvalue weighted by Crippen LogP contribution is -2.18. The highest BCUT2D eigenvalue weighted by atomic mass is 15.0. The van der Waals surface area contributed by atoms with Crippen LogP contribution in [0.3, 0.4) is 0 Å². The van der Waals surface area contributed by atoms with Crippen molar-refractivity contribution in [3.05, 3.63) is 24.0 Å². The Morgan fingerprint density at radius 1 is 1.24 bits per heavy atom. The lowest BCUT2D eigenvalue weighted by Gasteiger charge is -2.09. The molecule has 0 bridgehead atoms. The van der Waals surface area contributed by atoms with E-state index in [0.29, 0.717) is 0 Å². The van der Waals surface area contributed by atoms with Gasteiger partial charge in [-0.1, -0.05) is 32.6 Å². The van der Waals surface area contributed by atoms with Crippen LogP contribution >= 0.6 is 0 Å². The number of hydrogen-bond acceptors (Lipinski definition) is 1. The molecule has 1 fully saturated rings. The van der Waals surface area contributed by atoms with E-state index in [1.807, 2.05) is 0 Å². The van der Waals surface area contributed by atoms with Gasteiger partial charge in [-0.15, -0.1) is 0 Å². The Morgan fingerprint density at radius 3 is 2.82 bits per heavy atom. The summed E-state index contributed by atoms with van der Waals surface area (Å²) in [6.07, 6.45) is 11.8. The van der Waals surface area contributed by atoms with E-state index >= 15 is 0 Å². The third-order valence-electron chi connectivity index (χ3n) is 3.58. The second-order valence-corrected chi connectivity index (χ2v) is 5.26. The molecule has 1 heterocycles. The second kappa shape index (κ2) is 6.85. The molecule has 2 heteroatoms. The van der Waals surface area contributed by atoms with Gasteiger partial charge < -0.3 is 9.88 Å². The molecule has 1 aromatic heterocycles. The Labute approximate surface area is 105 Å². The van der Waals surface area contributed by atoms with Crippen molar-refractivity contribution >= 4 is 0 Å². The third kappa shape index (κ3) is 4.55. The van der Waals surface area contributed by atoms with Crippen molar-refractivity contribution in [2.75, 3.05) is 0 Å². The molecule has 0 radical (unpaired) electrons. The second-order valence-electron chi connectivity index (χ2n) is 5.26. The summed E-state index contributed by atoms with van der Waals surface area (Å²) in [5.74, 6) is 0. The van der Waals surface area contributed by atoms with Crippen molar-refractivity contribution < 1.29 is 0 Å². The molecule has 1 N–H and O–H groups in total. The summed E-state index contributed by atoms with van der Waals surface area (Å²) in [6, 6.07) is 5.24. The van der Waals surface area contributed by atoms with Gasteiger partial charge in [-0.25, -0.2) is 0 Å². The summed E-state index contributed by atoms with van der Waals surface area (Å²) in [7, 11) is 0. The van der Waals surface area contributed by atoms with Crippen LogP contribution in [0.1, 0.15) is 57.6 Å². The van der Waals surface area contributed by atoms with Crippen LogP contribution in [0, 0.1) is 0 Å². The number of rotatable bonds is 9. The Kier molecular flexibility index (Phi) is 5.11. The molecule has 2 nitrogen and oxygen atoms in total. The van der Waals surface area contributed by atoms with E-state index < -0.39 is 0 Å². The number of unbranched alkanes of at least 4 members (excludes halogenated alkanes) is 4. The fourth-order valence-corrected chi connectivity index (χ4v) is 2.25. The summed E-state index contributed by atoms with van der Waals surface area (Å²) >= 11 is 0. The molecular weight excluding hydrogens is 208 g/mol. The fourth-order valence-electron chi connectivity index (χ4n) is 2.25. The predicted octanol–water partition coefficient (Wildman–Crippen LogP) is 3.71. The summed E-state index contributed by atoms with van der Waals surface area (Å²) in [4.78, 5) is 0. The molecule has 1 aliphatic carbocycles. The van der Waals surface area contributed by atoms with Gasteiger partial charge in [0.05, 0.1) is 0 Å². The molecule has 0 saturated heterocycles. The smallest absolute Gasteiger partial charge is 0.0361 e. The number of hydrogen-bond donors (Lipinski definition) is 1. The summed E-state index contributed by atoms with van der Waals surface area (Å²) in [6.45, 7) is 4.51. The minimum absolute atomic E-state index is 0.808. The lowest BCUT2D eigenvalue weighted by molar-refractivity contribution is 0.545. The van der Waals surface area contributed by atoms with E-state index in [1.165, 1.54) is 57.2 Å². The van der Waals surface area contributed by atoms with E-state index in [0.717, 1.165) is 12.6 Å². The maximum atomic E-state index is 3.59. The van der Waals surface area contributed by atoms with Crippen LogP contribution in [-0.4, -0.2) is 10.6 Å². The van der Waals surface area contributed by atoms with Gasteiger partial charge >= 0.3 is 0 Å². The van der Waals surface area contributed by atoms with Gasteiger partial charge in [0.2, 0.25) is 0 Å². The molecule has 0 unspecified atom stereocenters. The maximum Gasteiger partial charge on any atom is 0.0361 e. The van der Waals surface area contributed by atoms with E-state index in [4.69, 9.17) is 0 Å². The zero-order valence-corrected chi connectivity index (χ0v) is 11.1. The van der Waals surface area contributed by atoms with Crippen LogP contribution < -0.4 is 5.32 Å².